The number of carbonyl (C=O) groups excluding carboxylic acids is 1. The fraction of sp³-hybridized carbons (Fsp3) is 0.556. The van der Waals surface area contributed by atoms with Gasteiger partial charge in [0.2, 0.25) is 5.95 Å². The molecular formula is C18H23N7O. The molecule has 26 heavy (non-hydrogen) atoms. The average molecular weight is 353 g/mol. The third-order valence-electron chi connectivity index (χ3n) is 5.65. The average Bonchev–Trinajstić information content (AvgIpc) is 3.38. The SMILES string of the molecule is O=C(c1cc(C2CC2)[nH]n1)N1CC(N2CCN(c3ncccn3)CC2)C1. The molecule has 2 aromatic rings. The van der Waals surface area contributed by atoms with Gasteiger partial charge in [-0.3, -0.25) is 14.8 Å². The Morgan fingerprint density at radius 2 is 1.81 bits per heavy atom. The highest BCUT2D eigenvalue weighted by molar-refractivity contribution is 5.93. The maximum absolute atomic E-state index is 12.5. The van der Waals surface area contributed by atoms with Crippen molar-refractivity contribution in [1.82, 2.24) is 30.0 Å². The Balaban J connectivity index is 1.12. The number of amides is 1. The highest BCUT2D eigenvalue weighted by atomic mass is 16.2. The topological polar surface area (TPSA) is 81.3 Å². The molecule has 136 valence electrons. The van der Waals surface area contributed by atoms with E-state index in [1.165, 1.54) is 12.8 Å². The normalized spacial score (nSPS) is 21.7. The van der Waals surface area contributed by atoms with Crippen LogP contribution in [0.2, 0.25) is 0 Å². The van der Waals surface area contributed by atoms with Crippen LogP contribution in [0.4, 0.5) is 5.95 Å². The molecule has 0 atom stereocenters. The van der Waals surface area contributed by atoms with E-state index in [0.717, 1.165) is 50.9 Å². The van der Waals surface area contributed by atoms with E-state index < -0.39 is 0 Å². The summed E-state index contributed by atoms with van der Waals surface area (Å²) in [6.07, 6.45) is 5.99. The lowest BCUT2D eigenvalue weighted by molar-refractivity contribution is 0.0241. The Hall–Kier alpha value is -2.48. The minimum atomic E-state index is 0.0562. The van der Waals surface area contributed by atoms with Gasteiger partial charge in [0.25, 0.3) is 5.91 Å². The molecule has 1 amide bonds. The molecule has 4 heterocycles. The second kappa shape index (κ2) is 6.35. The van der Waals surface area contributed by atoms with Crippen LogP contribution in [0.25, 0.3) is 0 Å². The van der Waals surface area contributed by atoms with Gasteiger partial charge < -0.3 is 9.80 Å². The largest absolute Gasteiger partial charge is 0.338 e. The van der Waals surface area contributed by atoms with Crippen LogP contribution in [0, 0.1) is 0 Å². The van der Waals surface area contributed by atoms with E-state index in [9.17, 15) is 4.79 Å². The first-order valence-electron chi connectivity index (χ1n) is 9.38. The minimum Gasteiger partial charge on any atom is -0.338 e. The van der Waals surface area contributed by atoms with Crippen molar-refractivity contribution < 1.29 is 4.79 Å². The molecule has 1 N–H and O–H groups in total. The molecule has 2 aliphatic heterocycles. The van der Waals surface area contributed by atoms with Crippen molar-refractivity contribution in [2.24, 2.45) is 0 Å². The number of rotatable bonds is 4. The molecule has 1 aliphatic carbocycles. The Bertz CT molecular complexity index is 774. The first kappa shape index (κ1) is 15.7. The van der Waals surface area contributed by atoms with E-state index in [0.29, 0.717) is 17.7 Å². The summed E-state index contributed by atoms with van der Waals surface area (Å²) < 4.78 is 0. The monoisotopic (exact) mass is 353 g/mol. The number of likely N-dealkylation sites (tertiary alicyclic amines) is 1. The highest BCUT2D eigenvalue weighted by Crippen LogP contribution is 2.39. The second-order valence-electron chi connectivity index (χ2n) is 7.42. The number of hydrogen-bond acceptors (Lipinski definition) is 6. The van der Waals surface area contributed by atoms with Crippen LogP contribution in [-0.2, 0) is 0 Å². The molecule has 0 aromatic carbocycles. The number of H-pyrrole nitrogens is 1. The number of nitrogens with zero attached hydrogens (tertiary/aromatic N) is 6. The first-order chi connectivity index (χ1) is 12.8. The lowest BCUT2D eigenvalue weighted by atomic mass is 10.1. The van der Waals surface area contributed by atoms with Crippen molar-refractivity contribution in [1.29, 1.82) is 0 Å². The molecule has 8 heteroatoms. The summed E-state index contributed by atoms with van der Waals surface area (Å²) in [6, 6.07) is 4.23. The van der Waals surface area contributed by atoms with Crippen LogP contribution in [0.1, 0.15) is 34.9 Å². The summed E-state index contributed by atoms with van der Waals surface area (Å²) in [5, 5.41) is 7.23. The van der Waals surface area contributed by atoms with Gasteiger partial charge in [-0.1, -0.05) is 0 Å². The van der Waals surface area contributed by atoms with Gasteiger partial charge in [0.05, 0.1) is 0 Å². The molecule has 2 aromatic heterocycles. The van der Waals surface area contributed by atoms with Gasteiger partial charge in [0.15, 0.2) is 0 Å². The van der Waals surface area contributed by atoms with Crippen molar-refractivity contribution in [3.8, 4) is 0 Å². The molecule has 0 radical (unpaired) electrons. The third kappa shape index (κ3) is 2.94. The third-order valence-corrected chi connectivity index (χ3v) is 5.65. The Morgan fingerprint density at radius 1 is 1.08 bits per heavy atom. The quantitative estimate of drug-likeness (QED) is 0.872. The van der Waals surface area contributed by atoms with E-state index >= 15 is 0 Å². The molecule has 2 saturated heterocycles. The number of aromatic amines is 1. The lowest BCUT2D eigenvalue weighted by Crippen LogP contribution is -2.64. The summed E-state index contributed by atoms with van der Waals surface area (Å²) in [5.74, 6) is 1.46. The number of aromatic nitrogens is 4. The Morgan fingerprint density at radius 3 is 2.50 bits per heavy atom. The van der Waals surface area contributed by atoms with Crippen LogP contribution in [0.5, 0.6) is 0 Å². The van der Waals surface area contributed by atoms with Gasteiger partial charge in [-0.25, -0.2) is 9.97 Å². The standard InChI is InChI=1S/C18H23N7O/c26-17(16-10-15(21-22-16)13-2-3-13)25-11-14(12-25)23-6-8-24(9-7-23)18-19-4-1-5-20-18/h1,4-5,10,13-14H,2-3,6-9,11-12H2,(H,21,22). The van der Waals surface area contributed by atoms with Gasteiger partial charge in [0.1, 0.15) is 5.69 Å². The van der Waals surface area contributed by atoms with E-state index in [2.05, 4.69) is 30.0 Å². The van der Waals surface area contributed by atoms with Crippen LogP contribution in [0.3, 0.4) is 0 Å². The molecule has 5 rings (SSSR count). The predicted molar refractivity (Wildman–Crippen MR) is 96.1 cm³/mol. The van der Waals surface area contributed by atoms with Gasteiger partial charge in [-0.05, 0) is 25.0 Å². The predicted octanol–water partition coefficient (Wildman–Crippen LogP) is 0.724. The lowest BCUT2D eigenvalue weighted by Gasteiger charge is -2.47. The molecule has 3 fully saturated rings. The van der Waals surface area contributed by atoms with Gasteiger partial charge in [-0.15, -0.1) is 0 Å². The zero-order valence-electron chi connectivity index (χ0n) is 14.7. The molecule has 1 saturated carbocycles. The number of carbonyl (C=O) groups is 1. The maximum atomic E-state index is 12.5. The molecule has 0 bridgehead atoms. The van der Waals surface area contributed by atoms with Crippen molar-refractivity contribution in [3.05, 3.63) is 35.9 Å². The second-order valence-corrected chi connectivity index (χ2v) is 7.42. The van der Waals surface area contributed by atoms with Crippen molar-refractivity contribution in [2.45, 2.75) is 24.8 Å². The summed E-state index contributed by atoms with van der Waals surface area (Å²) >= 11 is 0. The van der Waals surface area contributed by atoms with Crippen LogP contribution in [-0.4, -0.2) is 81.2 Å². The number of anilines is 1. The molecule has 0 spiro atoms. The maximum Gasteiger partial charge on any atom is 0.274 e. The zero-order valence-corrected chi connectivity index (χ0v) is 14.7. The minimum absolute atomic E-state index is 0.0562. The van der Waals surface area contributed by atoms with Crippen LogP contribution >= 0.6 is 0 Å². The van der Waals surface area contributed by atoms with Crippen LogP contribution < -0.4 is 4.90 Å². The summed E-state index contributed by atoms with van der Waals surface area (Å²) in [7, 11) is 0. The molecular weight excluding hydrogens is 330 g/mol. The van der Waals surface area contributed by atoms with Gasteiger partial charge in [-0.2, -0.15) is 5.10 Å². The van der Waals surface area contributed by atoms with Crippen molar-refractivity contribution in [3.63, 3.8) is 0 Å². The number of nitrogens with one attached hydrogen (secondary N) is 1. The summed E-state index contributed by atoms with van der Waals surface area (Å²) in [4.78, 5) is 27.8. The Labute approximate surface area is 152 Å². The van der Waals surface area contributed by atoms with Crippen molar-refractivity contribution in [2.75, 3.05) is 44.2 Å². The molecule has 8 nitrogen and oxygen atoms in total. The highest BCUT2D eigenvalue weighted by Gasteiger charge is 2.37. The van der Waals surface area contributed by atoms with E-state index in [4.69, 9.17) is 0 Å². The zero-order chi connectivity index (χ0) is 17.5. The smallest absolute Gasteiger partial charge is 0.274 e. The number of hydrogen-bond donors (Lipinski definition) is 1. The molecule has 3 aliphatic rings. The Kier molecular flexibility index (Phi) is 3.85. The first-order valence-corrected chi connectivity index (χ1v) is 9.38. The molecule has 0 unspecified atom stereocenters. The van der Waals surface area contributed by atoms with Crippen molar-refractivity contribution >= 4 is 11.9 Å². The van der Waals surface area contributed by atoms with Crippen LogP contribution in [0.15, 0.2) is 24.5 Å². The fourth-order valence-corrected chi connectivity index (χ4v) is 3.81. The fourth-order valence-electron chi connectivity index (χ4n) is 3.81. The van der Waals surface area contributed by atoms with E-state index in [1.807, 2.05) is 17.0 Å². The van der Waals surface area contributed by atoms with Gasteiger partial charge >= 0.3 is 0 Å². The van der Waals surface area contributed by atoms with E-state index in [1.54, 1.807) is 12.4 Å². The summed E-state index contributed by atoms with van der Waals surface area (Å²) in [6.45, 7) is 5.42. The summed E-state index contributed by atoms with van der Waals surface area (Å²) in [5.41, 5.74) is 1.68. The van der Waals surface area contributed by atoms with Gasteiger partial charge in [0, 0.05) is 69.3 Å². The van der Waals surface area contributed by atoms with E-state index in [-0.39, 0.29) is 5.91 Å². The number of piperazine rings is 1.